The van der Waals surface area contributed by atoms with Crippen molar-refractivity contribution in [2.75, 3.05) is 5.32 Å². The maximum atomic E-state index is 13.3. The quantitative estimate of drug-likeness (QED) is 0.782. The topological polar surface area (TPSA) is 58.2 Å². The van der Waals surface area contributed by atoms with Gasteiger partial charge in [0.25, 0.3) is 5.91 Å². The first-order valence-electron chi connectivity index (χ1n) is 7.66. The normalized spacial score (nSPS) is 13.6. The van der Waals surface area contributed by atoms with Gasteiger partial charge in [0.1, 0.15) is 5.54 Å². The molecule has 2 rings (SSSR count). The van der Waals surface area contributed by atoms with E-state index in [1.165, 1.54) is 13.0 Å². The van der Waals surface area contributed by atoms with Gasteiger partial charge < -0.3 is 10.6 Å². The maximum Gasteiger partial charge on any atom is 0.416 e. The number of benzene rings is 2. The van der Waals surface area contributed by atoms with E-state index in [0.29, 0.717) is 6.07 Å². The summed E-state index contributed by atoms with van der Waals surface area (Å²) in [7, 11) is 0. The number of carbonyl (C=O) groups excluding carboxylic acids is 2. The molecule has 0 radical (unpaired) electrons. The number of halogens is 5. The molecule has 0 saturated carbocycles. The van der Waals surface area contributed by atoms with E-state index in [9.17, 15) is 31.5 Å². The standard InChI is InChI=1S/C18H15F5N2O2/c1-10(26)25-17(2,11-4-3-5-12(8-11)18(21,22)23)16(27)24-13-6-7-14(19)15(20)9-13/h3-9H,1-2H3,(H,24,27)(H,25,26)/t17-/m1/s1. The summed E-state index contributed by atoms with van der Waals surface area (Å²) >= 11 is 0. The summed E-state index contributed by atoms with van der Waals surface area (Å²) in [5, 5.41) is 4.58. The van der Waals surface area contributed by atoms with Crippen LogP contribution in [0.4, 0.5) is 27.6 Å². The molecule has 0 fully saturated rings. The molecule has 9 heteroatoms. The number of carbonyl (C=O) groups is 2. The Balaban J connectivity index is 2.44. The Morgan fingerprint density at radius 3 is 2.11 bits per heavy atom. The zero-order valence-corrected chi connectivity index (χ0v) is 14.2. The van der Waals surface area contributed by atoms with Gasteiger partial charge in [0.2, 0.25) is 5.91 Å². The van der Waals surface area contributed by atoms with Crippen molar-refractivity contribution < 1.29 is 31.5 Å². The van der Waals surface area contributed by atoms with E-state index in [2.05, 4.69) is 10.6 Å². The molecule has 0 spiro atoms. The van der Waals surface area contributed by atoms with Crippen LogP contribution in [0.1, 0.15) is 25.0 Å². The summed E-state index contributed by atoms with van der Waals surface area (Å²) in [5.41, 5.74) is -3.15. The van der Waals surface area contributed by atoms with Gasteiger partial charge in [0.15, 0.2) is 11.6 Å². The Hall–Kier alpha value is -2.97. The molecule has 0 unspecified atom stereocenters. The minimum Gasteiger partial charge on any atom is -0.339 e. The fourth-order valence-corrected chi connectivity index (χ4v) is 2.45. The van der Waals surface area contributed by atoms with Crippen LogP contribution in [-0.2, 0) is 21.3 Å². The molecule has 2 amide bonds. The van der Waals surface area contributed by atoms with Crippen LogP contribution in [-0.4, -0.2) is 11.8 Å². The van der Waals surface area contributed by atoms with Gasteiger partial charge in [-0.05, 0) is 36.8 Å². The van der Waals surface area contributed by atoms with E-state index < -0.39 is 40.7 Å². The van der Waals surface area contributed by atoms with Crippen LogP contribution in [0.2, 0.25) is 0 Å². The summed E-state index contributed by atoms with van der Waals surface area (Å²) in [6.45, 7) is 2.30. The summed E-state index contributed by atoms with van der Waals surface area (Å²) in [6.07, 6.45) is -4.65. The SMILES string of the molecule is CC(=O)N[C@@](C)(C(=O)Nc1ccc(F)c(F)c1)c1cccc(C(F)(F)F)c1. The lowest BCUT2D eigenvalue weighted by Gasteiger charge is -2.30. The molecule has 4 nitrogen and oxygen atoms in total. The molecule has 0 aliphatic carbocycles. The molecule has 144 valence electrons. The van der Waals surface area contributed by atoms with E-state index in [0.717, 1.165) is 37.3 Å². The number of rotatable bonds is 4. The second kappa shape index (κ2) is 7.34. The smallest absolute Gasteiger partial charge is 0.339 e. The maximum absolute atomic E-state index is 13.3. The summed E-state index contributed by atoms with van der Waals surface area (Å²) in [6, 6.07) is 6.49. The van der Waals surface area contributed by atoms with Crippen LogP contribution in [0.15, 0.2) is 42.5 Å². The minimum absolute atomic E-state index is 0.123. The summed E-state index contributed by atoms with van der Waals surface area (Å²) in [4.78, 5) is 24.3. The van der Waals surface area contributed by atoms with Crippen molar-refractivity contribution in [1.29, 1.82) is 0 Å². The van der Waals surface area contributed by atoms with Gasteiger partial charge in [-0.2, -0.15) is 13.2 Å². The molecule has 0 heterocycles. The monoisotopic (exact) mass is 386 g/mol. The first kappa shape index (κ1) is 20.3. The molecule has 27 heavy (non-hydrogen) atoms. The lowest BCUT2D eigenvalue weighted by Crippen LogP contribution is -2.51. The molecule has 1 atom stereocenters. The van der Waals surface area contributed by atoms with Gasteiger partial charge in [-0.15, -0.1) is 0 Å². The van der Waals surface area contributed by atoms with Crippen molar-refractivity contribution in [3.05, 3.63) is 65.2 Å². The third-order valence-corrected chi connectivity index (χ3v) is 3.82. The van der Waals surface area contributed by atoms with Crippen LogP contribution >= 0.6 is 0 Å². The first-order chi connectivity index (χ1) is 12.4. The van der Waals surface area contributed by atoms with Crippen molar-refractivity contribution in [2.24, 2.45) is 0 Å². The molecule has 2 aromatic rings. The highest BCUT2D eigenvalue weighted by Crippen LogP contribution is 2.32. The average Bonchev–Trinajstić information content (AvgIpc) is 2.57. The number of nitrogens with one attached hydrogen (secondary N) is 2. The average molecular weight is 386 g/mol. The lowest BCUT2D eigenvalue weighted by atomic mass is 9.89. The minimum atomic E-state index is -4.65. The van der Waals surface area contributed by atoms with Crippen LogP contribution in [0.5, 0.6) is 0 Å². The molecule has 0 aromatic heterocycles. The van der Waals surface area contributed by atoms with Gasteiger partial charge >= 0.3 is 6.18 Å². The van der Waals surface area contributed by atoms with Crippen LogP contribution < -0.4 is 10.6 Å². The Labute approximate surface area is 151 Å². The van der Waals surface area contributed by atoms with E-state index in [1.54, 1.807) is 0 Å². The Morgan fingerprint density at radius 1 is 0.926 bits per heavy atom. The van der Waals surface area contributed by atoms with E-state index in [4.69, 9.17) is 0 Å². The van der Waals surface area contributed by atoms with Gasteiger partial charge in [0, 0.05) is 18.7 Å². The molecular weight excluding hydrogens is 371 g/mol. The number of amides is 2. The van der Waals surface area contributed by atoms with Crippen molar-refractivity contribution in [3.63, 3.8) is 0 Å². The second-order valence-corrected chi connectivity index (χ2v) is 5.97. The fourth-order valence-electron chi connectivity index (χ4n) is 2.45. The van der Waals surface area contributed by atoms with Gasteiger partial charge in [-0.1, -0.05) is 12.1 Å². The first-order valence-corrected chi connectivity index (χ1v) is 7.66. The zero-order chi connectivity index (χ0) is 20.4. The summed E-state index contributed by atoms with van der Waals surface area (Å²) < 4.78 is 65.3. The fraction of sp³-hybridized carbons (Fsp3) is 0.222. The van der Waals surface area contributed by atoms with Gasteiger partial charge in [-0.3, -0.25) is 9.59 Å². The highest BCUT2D eigenvalue weighted by molar-refractivity contribution is 6.00. The van der Waals surface area contributed by atoms with Crippen LogP contribution in [0, 0.1) is 11.6 Å². The Kier molecular flexibility index (Phi) is 5.53. The molecule has 0 aliphatic heterocycles. The number of alkyl halides is 3. The lowest BCUT2D eigenvalue weighted by molar-refractivity contribution is -0.137. The summed E-state index contributed by atoms with van der Waals surface area (Å²) in [5.74, 6) is -3.94. The third kappa shape index (κ3) is 4.60. The highest BCUT2D eigenvalue weighted by Gasteiger charge is 2.39. The van der Waals surface area contributed by atoms with Crippen LogP contribution in [0.3, 0.4) is 0 Å². The largest absolute Gasteiger partial charge is 0.416 e. The molecule has 2 N–H and O–H groups in total. The van der Waals surface area contributed by atoms with E-state index in [-0.39, 0.29) is 11.3 Å². The molecular formula is C18H15F5N2O2. The van der Waals surface area contributed by atoms with Gasteiger partial charge in [0.05, 0.1) is 5.56 Å². The molecule has 0 saturated heterocycles. The van der Waals surface area contributed by atoms with E-state index >= 15 is 0 Å². The number of hydrogen-bond acceptors (Lipinski definition) is 2. The molecule has 0 aliphatic rings. The second-order valence-electron chi connectivity index (χ2n) is 5.97. The van der Waals surface area contributed by atoms with Gasteiger partial charge in [-0.25, -0.2) is 8.78 Å². The molecule has 0 bridgehead atoms. The number of hydrogen-bond donors (Lipinski definition) is 2. The predicted molar refractivity (Wildman–Crippen MR) is 87.6 cm³/mol. The predicted octanol–water partition coefficient (Wildman–Crippen LogP) is 3.97. The van der Waals surface area contributed by atoms with Crippen molar-refractivity contribution >= 4 is 17.5 Å². The van der Waals surface area contributed by atoms with E-state index in [1.807, 2.05) is 0 Å². The Bertz CT molecular complexity index is 882. The van der Waals surface area contributed by atoms with Crippen molar-refractivity contribution in [3.8, 4) is 0 Å². The van der Waals surface area contributed by atoms with Crippen molar-refractivity contribution in [1.82, 2.24) is 5.32 Å². The molecule has 2 aromatic carbocycles. The Morgan fingerprint density at radius 2 is 1.56 bits per heavy atom. The number of anilines is 1. The van der Waals surface area contributed by atoms with Crippen molar-refractivity contribution in [2.45, 2.75) is 25.6 Å². The van der Waals surface area contributed by atoms with Crippen LogP contribution in [0.25, 0.3) is 0 Å². The zero-order valence-electron chi connectivity index (χ0n) is 14.2. The third-order valence-electron chi connectivity index (χ3n) is 3.82. The highest BCUT2D eigenvalue weighted by atomic mass is 19.4.